The first kappa shape index (κ1) is 14.0. The van der Waals surface area contributed by atoms with Gasteiger partial charge in [-0.1, -0.05) is 5.21 Å². The Balaban J connectivity index is 1.68. The van der Waals surface area contributed by atoms with Gasteiger partial charge in [-0.3, -0.25) is 9.48 Å². The van der Waals surface area contributed by atoms with Gasteiger partial charge >= 0.3 is 0 Å². The summed E-state index contributed by atoms with van der Waals surface area (Å²) in [5.74, 6) is 0.207. The number of morpholine rings is 1. The maximum Gasteiger partial charge on any atom is 0.222 e. The zero-order valence-electron chi connectivity index (χ0n) is 11.3. The molecule has 0 saturated carbocycles. The van der Waals surface area contributed by atoms with Crippen molar-refractivity contribution in [2.24, 2.45) is 0 Å². The van der Waals surface area contributed by atoms with Gasteiger partial charge in [0.15, 0.2) is 0 Å². The highest BCUT2D eigenvalue weighted by Gasteiger charge is 2.16. The van der Waals surface area contributed by atoms with Crippen LogP contribution in [0.4, 0.5) is 0 Å². The van der Waals surface area contributed by atoms with Gasteiger partial charge < -0.3 is 15.0 Å². The predicted octanol–water partition coefficient (Wildman–Crippen LogP) is -0.363. The van der Waals surface area contributed by atoms with Crippen LogP contribution in [0, 0.1) is 0 Å². The van der Waals surface area contributed by atoms with Gasteiger partial charge in [-0.2, -0.15) is 0 Å². The van der Waals surface area contributed by atoms with Crippen LogP contribution in [0.1, 0.15) is 18.5 Å². The van der Waals surface area contributed by atoms with Gasteiger partial charge in [0.1, 0.15) is 0 Å². The van der Waals surface area contributed by atoms with Crippen molar-refractivity contribution in [3.63, 3.8) is 0 Å². The molecule has 2 heterocycles. The highest BCUT2D eigenvalue weighted by atomic mass is 16.5. The van der Waals surface area contributed by atoms with E-state index in [1.54, 1.807) is 4.68 Å². The zero-order chi connectivity index (χ0) is 13.5. The second kappa shape index (κ2) is 7.20. The van der Waals surface area contributed by atoms with E-state index in [2.05, 4.69) is 15.6 Å². The summed E-state index contributed by atoms with van der Waals surface area (Å²) < 4.78 is 7.02. The third-order valence-corrected chi connectivity index (χ3v) is 3.09. The van der Waals surface area contributed by atoms with E-state index in [0.717, 1.165) is 18.7 Å². The van der Waals surface area contributed by atoms with E-state index in [1.165, 1.54) is 0 Å². The molecule has 1 aliphatic heterocycles. The number of hydrogen-bond donors (Lipinski definition) is 1. The fourth-order valence-electron chi connectivity index (χ4n) is 2.07. The predicted molar refractivity (Wildman–Crippen MR) is 69.4 cm³/mol. The Morgan fingerprint density at radius 2 is 2.26 bits per heavy atom. The molecule has 19 heavy (non-hydrogen) atoms. The van der Waals surface area contributed by atoms with E-state index in [4.69, 9.17) is 4.74 Å². The van der Waals surface area contributed by atoms with E-state index in [9.17, 15) is 4.79 Å². The molecule has 1 N–H and O–H groups in total. The minimum absolute atomic E-state index is 0.207. The van der Waals surface area contributed by atoms with Gasteiger partial charge in [0.05, 0.1) is 18.9 Å². The molecule has 7 heteroatoms. The van der Waals surface area contributed by atoms with Crippen LogP contribution in [0.3, 0.4) is 0 Å². The molecule has 1 saturated heterocycles. The fraction of sp³-hybridized carbons (Fsp3) is 0.750. The fourth-order valence-corrected chi connectivity index (χ4v) is 2.07. The summed E-state index contributed by atoms with van der Waals surface area (Å²) in [7, 11) is 1.88. The Morgan fingerprint density at radius 3 is 3.00 bits per heavy atom. The van der Waals surface area contributed by atoms with Crippen LogP contribution in [-0.4, -0.2) is 59.2 Å². The molecule has 1 amide bonds. The molecule has 0 unspecified atom stereocenters. The van der Waals surface area contributed by atoms with Crippen LogP contribution < -0.4 is 5.32 Å². The molecule has 0 atom stereocenters. The molecule has 0 bridgehead atoms. The molecule has 0 spiro atoms. The van der Waals surface area contributed by atoms with Gasteiger partial charge in [-0.05, 0) is 13.5 Å². The van der Waals surface area contributed by atoms with Crippen molar-refractivity contribution in [2.45, 2.75) is 25.9 Å². The highest BCUT2D eigenvalue weighted by molar-refractivity contribution is 5.76. The Hall–Kier alpha value is -1.47. The number of aryl methyl sites for hydroxylation is 1. The largest absolute Gasteiger partial charge is 0.378 e. The van der Waals surface area contributed by atoms with E-state index in [-0.39, 0.29) is 5.91 Å². The molecule has 2 rings (SSSR count). The monoisotopic (exact) mass is 267 g/mol. The maximum atomic E-state index is 11.9. The van der Waals surface area contributed by atoms with Crippen LogP contribution in [0.25, 0.3) is 0 Å². The molecular formula is C12H21N5O2. The standard InChI is InChI=1S/C12H21N5O2/c1-13-9-11-10-17(15-14-11)4-2-3-12(18)16-5-7-19-8-6-16/h10,13H,2-9H2,1H3. The number of ether oxygens (including phenoxy) is 1. The number of rotatable bonds is 6. The summed E-state index contributed by atoms with van der Waals surface area (Å²) >= 11 is 0. The van der Waals surface area contributed by atoms with Gasteiger partial charge in [-0.25, -0.2) is 0 Å². The first-order valence-corrected chi connectivity index (χ1v) is 6.68. The van der Waals surface area contributed by atoms with Crippen LogP contribution in [-0.2, 0) is 22.6 Å². The molecular weight excluding hydrogens is 246 g/mol. The lowest BCUT2D eigenvalue weighted by Gasteiger charge is -2.26. The smallest absolute Gasteiger partial charge is 0.222 e. The quantitative estimate of drug-likeness (QED) is 0.762. The minimum Gasteiger partial charge on any atom is -0.378 e. The van der Waals surface area contributed by atoms with Crippen molar-refractivity contribution < 1.29 is 9.53 Å². The average molecular weight is 267 g/mol. The van der Waals surface area contributed by atoms with Crippen molar-refractivity contribution in [1.82, 2.24) is 25.2 Å². The number of amides is 1. The van der Waals surface area contributed by atoms with Crippen LogP contribution in [0.15, 0.2) is 6.20 Å². The topological polar surface area (TPSA) is 72.3 Å². The summed E-state index contributed by atoms with van der Waals surface area (Å²) in [5, 5.41) is 11.1. The number of nitrogens with one attached hydrogen (secondary N) is 1. The second-order valence-electron chi connectivity index (χ2n) is 4.60. The van der Waals surface area contributed by atoms with E-state index >= 15 is 0 Å². The lowest BCUT2D eigenvalue weighted by molar-refractivity contribution is -0.135. The van der Waals surface area contributed by atoms with E-state index in [0.29, 0.717) is 39.3 Å². The molecule has 0 aromatic carbocycles. The molecule has 106 valence electrons. The number of nitrogens with zero attached hydrogens (tertiary/aromatic N) is 4. The Labute approximate surface area is 112 Å². The van der Waals surface area contributed by atoms with Gasteiger partial charge in [0, 0.05) is 38.8 Å². The lowest BCUT2D eigenvalue weighted by atomic mass is 10.2. The van der Waals surface area contributed by atoms with E-state index < -0.39 is 0 Å². The summed E-state index contributed by atoms with van der Waals surface area (Å²) in [4.78, 5) is 13.8. The average Bonchev–Trinajstić information content (AvgIpc) is 2.88. The van der Waals surface area contributed by atoms with Crippen LogP contribution in [0.5, 0.6) is 0 Å². The molecule has 0 aliphatic carbocycles. The summed E-state index contributed by atoms with van der Waals surface area (Å²) in [6, 6.07) is 0. The highest BCUT2D eigenvalue weighted by Crippen LogP contribution is 2.03. The summed E-state index contributed by atoms with van der Waals surface area (Å²) in [6.07, 6.45) is 3.26. The molecule has 1 fully saturated rings. The summed E-state index contributed by atoms with van der Waals surface area (Å²) in [6.45, 7) is 4.19. The first-order valence-electron chi connectivity index (χ1n) is 6.68. The minimum atomic E-state index is 0.207. The molecule has 1 aliphatic rings. The Morgan fingerprint density at radius 1 is 1.47 bits per heavy atom. The van der Waals surface area contributed by atoms with Crippen LogP contribution >= 0.6 is 0 Å². The van der Waals surface area contributed by atoms with Gasteiger partial charge in [-0.15, -0.1) is 5.10 Å². The normalized spacial score (nSPS) is 15.7. The number of aromatic nitrogens is 3. The van der Waals surface area contributed by atoms with Gasteiger partial charge in [0.2, 0.25) is 5.91 Å². The van der Waals surface area contributed by atoms with Crippen LogP contribution in [0.2, 0.25) is 0 Å². The molecule has 7 nitrogen and oxygen atoms in total. The molecule has 1 aromatic rings. The Bertz CT molecular complexity index is 401. The number of carbonyl (C=O) groups excluding carboxylic acids is 1. The number of hydrogen-bond acceptors (Lipinski definition) is 5. The molecule has 0 radical (unpaired) electrons. The van der Waals surface area contributed by atoms with Crippen molar-refractivity contribution >= 4 is 5.91 Å². The van der Waals surface area contributed by atoms with Crippen molar-refractivity contribution in [3.8, 4) is 0 Å². The maximum absolute atomic E-state index is 11.9. The molecule has 1 aromatic heterocycles. The summed E-state index contributed by atoms with van der Waals surface area (Å²) in [5.41, 5.74) is 0.919. The number of carbonyl (C=O) groups is 1. The SMILES string of the molecule is CNCc1cn(CCCC(=O)N2CCOCC2)nn1. The first-order chi connectivity index (χ1) is 9.29. The zero-order valence-corrected chi connectivity index (χ0v) is 11.3. The lowest BCUT2D eigenvalue weighted by Crippen LogP contribution is -2.40. The van der Waals surface area contributed by atoms with Crippen molar-refractivity contribution in [2.75, 3.05) is 33.4 Å². The van der Waals surface area contributed by atoms with Crippen molar-refractivity contribution in [1.29, 1.82) is 0 Å². The Kier molecular flexibility index (Phi) is 5.29. The van der Waals surface area contributed by atoms with Crippen molar-refractivity contribution in [3.05, 3.63) is 11.9 Å². The van der Waals surface area contributed by atoms with Gasteiger partial charge in [0.25, 0.3) is 0 Å². The van der Waals surface area contributed by atoms with E-state index in [1.807, 2.05) is 18.1 Å². The second-order valence-corrected chi connectivity index (χ2v) is 4.60. The third-order valence-electron chi connectivity index (χ3n) is 3.09. The third kappa shape index (κ3) is 4.29.